The molecule has 0 aromatic carbocycles. The summed E-state index contributed by atoms with van der Waals surface area (Å²) in [4.78, 5) is 11.7. The van der Waals surface area contributed by atoms with E-state index < -0.39 is 0 Å². The Balaban J connectivity index is 1.91. The van der Waals surface area contributed by atoms with Crippen LogP contribution in [0.25, 0.3) is 0 Å². The van der Waals surface area contributed by atoms with Gasteiger partial charge in [0, 0.05) is 24.6 Å². The molecule has 2 unspecified atom stereocenters. The van der Waals surface area contributed by atoms with Crippen molar-refractivity contribution < 1.29 is 14.6 Å². The summed E-state index contributed by atoms with van der Waals surface area (Å²) in [5.74, 6) is 0. The number of amides is 2. The van der Waals surface area contributed by atoms with Crippen molar-refractivity contribution in [3.63, 3.8) is 0 Å². The smallest absolute Gasteiger partial charge is 0.315 e. The summed E-state index contributed by atoms with van der Waals surface area (Å²) in [6.45, 7) is 3.06. The van der Waals surface area contributed by atoms with Gasteiger partial charge in [0.25, 0.3) is 0 Å². The van der Waals surface area contributed by atoms with Crippen molar-refractivity contribution in [2.75, 3.05) is 19.8 Å². The van der Waals surface area contributed by atoms with E-state index in [0.29, 0.717) is 12.6 Å². The number of nitrogens with one attached hydrogen (secondary N) is 2. The SMILES string of the molecule is CCOC1CC(NC(=O)NCCO)C12CCCCC2. The maximum absolute atomic E-state index is 11.7. The molecule has 0 radical (unpaired) electrons. The Bertz CT molecular complexity index is 303. The van der Waals surface area contributed by atoms with Crippen molar-refractivity contribution in [2.45, 2.75) is 57.6 Å². The van der Waals surface area contributed by atoms with E-state index in [1.54, 1.807) is 0 Å². The molecule has 110 valence electrons. The summed E-state index contributed by atoms with van der Waals surface area (Å²) in [6.07, 6.45) is 7.30. The van der Waals surface area contributed by atoms with Crippen LogP contribution in [-0.2, 0) is 4.74 Å². The molecule has 0 heterocycles. The van der Waals surface area contributed by atoms with Crippen LogP contribution in [0, 0.1) is 5.41 Å². The van der Waals surface area contributed by atoms with Gasteiger partial charge < -0.3 is 20.5 Å². The second kappa shape index (κ2) is 6.57. The van der Waals surface area contributed by atoms with Crippen LogP contribution in [-0.4, -0.2) is 43.0 Å². The third-order valence-corrected chi connectivity index (χ3v) is 4.64. The molecule has 3 N–H and O–H groups in total. The highest BCUT2D eigenvalue weighted by Crippen LogP contribution is 2.53. The predicted octanol–water partition coefficient (Wildman–Crippen LogP) is 1.41. The molecule has 1 spiro atoms. The van der Waals surface area contributed by atoms with Crippen molar-refractivity contribution >= 4 is 6.03 Å². The molecule has 0 bridgehead atoms. The van der Waals surface area contributed by atoms with Gasteiger partial charge >= 0.3 is 6.03 Å². The van der Waals surface area contributed by atoms with Gasteiger partial charge in [0.1, 0.15) is 0 Å². The van der Waals surface area contributed by atoms with Gasteiger partial charge in [0.05, 0.1) is 12.7 Å². The molecule has 5 heteroatoms. The predicted molar refractivity (Wildman–Crippen MR) is 73.0 cm³/mol. The van der Waals surface area contributed by atoms with E-state index in [0.717, 1.165) is 25.9 Å². The van der Waals surface area contributed by atoms with Gasteiger partial charge in [-0.1, -0.05) is 19.3 Å². The molecule has 2 fully saturated rings. The lowest BCUT2D eigenvalue weighted by atomic mass is 9.55. The van der Waals surface area contributed by atoms with Gasteiger partial charge in [0.2, 0.25) is 0 Å². The summed E-state index contributed by atoms with van der Waals surface area (Å²) in [5.41, 5.74) is 0.158. The minimum absolute atomic E-state index is 0.0230. The van der Waals surface area contributed by atoms with Crippen LogP contribution < -0.4 is 10.6 Å². The fraction of sp³-hybridized carbons (Fsp3) is 0.929. The largest absolute Gasteiger partial charge is 0.395 e. The van der Waals surface area contributed by atoms with Crippen LogP contribution in [0.4, 0.5) is 4.79 Å². The lowest BCUT2D eigenvalue weighted by Crippen LogP contribution is -2.66. The highest BCUT2D eigenvalue weighted by molar-refractivity contribution is 5.74. The lowest BCUT2D eigenvalue weighted by Gasteiger charge is -2.57. The highest BCUT2D eigenvalue weighted by atomic mass is 16.5. The second-order valence-electron chi connectivity index (χ2n) is 5.65. The quantitative estimate of drug-likeness (QED) is 0.707. The molecule has 0 aromatic rings. The molecular formula is C14H26N2O3. The van der Waals surface area contributed by atoms with Crippen molar-refractivity contribution in [1.29, 1.82) is 0 Å². The number of hydrogen-bond acceptors (Lipinski definition) is 3. The minimum atomic E-state index is -0.168. The third kappa shape index (κ3) is 3.03. The van der Waals surface area contributed by atoms with E-state index in [9.17, 15) is 4.79 Å². The fourth-order valence-electron chi connectivity index (χ4n) is 3.64. The normalized spacial score (nSPS) is 28.7. The van der Waals surface area contributed by atoms with Crippen LogP contribution in [0.2, 0.25) is 0 Å². The second-order valence-corrected chi connectivity index (χ2v) is 5.65. The first-order valence-corrected chi connectivity index (χ1v) is 7.50. The maximum atomic E-state index is 11.7. The number of rotatable bonds is 5. The van der Waals surface area contributed by atoms with Crippen LogP contribution in [0.5, 0.6) is 0 Å². The van der Waals surface area contributed by atoms with E-state index in [2.05, 4.69) is 10.6 Å². The molecule has 2 aliphatic carbocycles. The number of ether oxygens (including phenoxy) is 1. The molecule has 0 saturated heterocycles. The van der Waals surface area contributed by atoms with Gasteiger partial charge in [-0.05, 0) is 26.2 Å². The Kier molecular flexibility index (Phi) is 5.05. The summed E-state index contributed by atoms with van der Waals surface area (Å²) in [6, 6.07) is 0.0574. The van der Waals surface area contributed by atoms with Crippen LogP contribution >= 0.6 is 0 Å². The summed E-state index contributed by atoms with van der Waals surface area (Å²) in [5, 5.41) is 14.4. The minimum Gasteiger partial charge on any atom is -0.395 e. The molecule has 0 aliphatic heterocycles. The number of hydrogen-bond donors (Lipinski definition) is 3. The molecule has 5 nitrogen and oxygen atoms in total. The van der Waals surface area contributed by atoms with Gasteiger partial charge in [-0.3, -0.25) is 0 Å². The molecule has 2 aliphatic rings. The third-order valence-electron chi connectivity index (χ3n) is 4.64. The topological polar surface area (TPSA) is 70.6 Å². The first-order chi connectivity index (χ1) is 9.23. The fourth-order valence-corrected chi connectivity index (χ4v) is 3.64. The van der Waals surface area contributed by atoms with Crippen LogP contribution in [0.3, 0.4) is 0 Å². The summed E-state index contributed by atoms with van der Waals surface area (Å²) >= 11 is 0. The monoisotopic (exact) mass is 270 g/mol. The van der Waals surface area contributed by atoms with Gasteiger partial charge in [0.15, 0.2) is 0 Å². The first-order valence-electron chi connectivity index (χ1n) is 7.50. The van der Waals surface area contributed by atoms with Crippen molar-refractivity contribution in [2.24, 2.45) is 5.41 Å². The summed E-state index contributed by atoms with van der Waals surface area (Å²) in [7, 11) is 0. The molecule has 0 aromatic heterocycles. The lowest BCUT2D eigenvalue weighted by molar-refractivity contribution is -0.146. The van der Waals surface area contributed by atoms with E-state index in [1.807, 2.05) is 6.92 Å². The first kappa shape index (κ1) is 14.6. The molecule has 2 rings (SSSR count). The Labute approximate surface area is 115 Å². The molecule has 2 saturated carbocycles. The van der Waals surface area contributed by atoms with Crippen LogP contribution in [0.15, 0.2) is 0 Å². The van der Waals surface area contributed by atoms with Crippen molar-refractivity contribution in [1.82, 2.24) is 10.6 Å². The van der Waals surface area contributed by atoms with Gasteiger partial charge in [-0.25, -0.2) is 4.79 Å². The zero-order valence-corrected chi connectivity index (χ0v) is 11.8. The molecule has 2 amide bonds. The highest BCUT2D eigenvalue weighted by Gasteiger charge is 2.56. The van der Waals surface area contributed by atoms with E-state index in [1.165, 1.54) is 19.3 Å². The Morgan fingerprint density at radius 1 is 1.37 bits per heavy atom. The van der Waals surface area contributed by atoms with E-state index >= 15 is 0 Å². The average Bonchev–Trinajstić information content (AvgIpc) is 2.45. The molecular weight excluding hydrogens is 244 g/mol. The number of carbonyl (C=O) groups excluding carboxylic acids is 1. The standard InChI is InChI=1S/C14H26N2O3/c1-2-19-12-10-11(16-13(18)15-8-9-17)14(12)6-4-3-5-7-14/h11-12,17H,2-10H2,1H3,(H2,15,16,18). The average molecular weight is 270 g/mol. The number of urea groups is 1. The van der Waals surface area contributed by atoms with E-state index in [4.69, 9.17) is 9.84 Å². The maximum Gasteiger partial charge on any atom is 0.315 e. The molecule has 19 heavy (non-hydrogen) atoms. The van der Waals surface area contributed by atoms with Crippen LogP contribution in [0.1, 0.15) is 45.4 Å². The van der Waals surface area contributed by atoms with Gasteiger partial charge in [-0.15, -0.1) is 0 Å². The Morgan fingerprint density at radius 2 is 2.11 bits per heavy atom. The zero-order chi connectivity index (χ0) is 13.7. The molecule has 2 atom stereocenters. The van der Waals surface area contributed by atoms with Crippen molar-refractivity contribution in [3.8, 4) is 0 Å². The van der Waals surface area contributed by atoms with Gasteiger partial charge in [-0.2, -0.15) is 0 Å². The zero-order valence-electron chi connectivity index (χ0n) is 11.8. The number of carbonyl (C=O) groups is 1. The summed E-state index contributed by atoms with van der Waals surface area (Å²) < 4.78 is 5.85. The number of aliphatic hydroxyl groups excluding tert-OH is 1. The van der Waals surface area contributed by atoms with E-state index in [-0.39, 0.29) is 24.1 Å². The number of aliphatic hydroxyl groups is 1. The Hall–Kier alpha value is -0.810. The Morgan fingerprint density at radius 3 is 2.74 bits per heavy atom. The van der Waals surface area contributed by atoms with Crippen molar-refractivity contribution in [3.05, 3.63) is 0 Å².